The van der Waals surface area contributed by atoms with E-state index in [0.29, 0.717) is 5.69 Å². The Labute approximate surface area is 89.1 Å². The van der Waals surface area contributed by atoms with E-state index in [4.69, 9.17) is 12.2 Å². The molecule has 2 N–H and O–H groups in total. The monoisotopic (exact) mass is 203 g/mol. The van der Waals surface area contributed by atoms with E-state index in [-0.39, 0.29) is 0 Å². The number of hydrogen-bond donors (Lipinski definition) is 1. The molecule has 15 heavy (non-hydrogen) atoms. The van der Waals surface area contributed by atoms with Gasteiger partial charge in [0.05, 0.1) is 11.9 Å². The van der Waals surface area contributed by atoms with E-state index >= 15 is 0 Å². The van der Waals surface area contributed by atoms with Crippen LogP contribution >= 0.6 is 0 Å². The van der Waals surface area contributed by atoms with Gasteiger partial charge < -0.3 is 5.73 Å². The predicted molar refractivity (Wildman–Crippen MR) is 59.2 cm³/mol. The summed E-state index contributed by atoms with van der Waals surface area (Å²) >= 11 is 0. The lowest BCUT2D eigenvalue weighted by molar-refractivity contribution is 0.250. The average Bonchev–Trinajstić information content (AvgIpc) is 2.18. The van der Waals surface area contributed by atoms with E-state index < -0.39 is 11.6 Å². The van der Waals surface area contributed by atoms with Crippen molar-refractivity contribution < 1.29 is 4.79 Å². The highest BCUT2D eigenvalue weighted by Gasteiger charge is 2.28. The number of carbonyl (C=O) groups is 1. The first-order valence-corrected chi connectivity index (χ1v) is 4.46. The smallest absolute Gasteiger partial charge is 0.320 e. The molecule has 2 amide bonds. The second-order valence-corrected chi connectivity index (χ2v) is 3.59. The van der Waals surface area contributed by atoms with Crippen molar-refractivity contribution >= 4 is 11.7 Å². The Balaban J connectivity index is 3.17. The molecule has 0 aromatic carbocycles. The zero-order valence-electron chi connectivity index (χ0n) is 8.77. The maximum Gasteiger partial charge on any atom is 0.320 e. The third-order valence-corrected chi connectivity index (χ3v) is 2.04. The Morgan fingerprint density at radius 2 is 2.33 bits per heavy atom. The van der Waals surface area contributed by atoms with Crippen molar-refractivity contribution in [2.75, 3.05) is 4.90 Å². The van der Waals surface area contributed by atoms with Crippen LogP contribution in [0.3, 0.4) is 0 Å². The maximum atomic E-state index is 11.3. The lowest BCUT2D eigenvalue weighted by atomic mass is 10.0. The quantitative estimate of drug-likeness (QED) is 0.738. The zero-order chi connectivity index (χ0) is 11.5. The highest BCUT2D eigenvalue weighted by Crippen LogP contribution is 2.21. The minimum Gasteiger partial charge on any atom is -0.351 e. The number of primary amides is 1. The number of amides is 2. The molecule has 0 spiro atoms. The summed E-state index contributed by atoms with van der Waals surface area (Å²) in [6.07, 6.45) is 8.52. The van der Waals surface area contributed by atoms with Crippen molar-refractivity contribution in [3.05, 3.63) is 24.5 Å². The molecule has 0 saturated carbocycles. The summed E-state index contributed by atoms with van der Waals surface area (Å²) in [5, 5.41) is 0. The van der Waals surface area contributed by atoms with Gasteiger partial charge in [0, 0.05) is 6.20 Å². The normalized spacial score (nSPS) is 10.5. The molecule has 1 rings (SSSR count). The van der Waals surface area contributed by atoms with E-state index in [0.717, 1.165) is 0 Å². The summed E-state index contributed by atoms with van der Waals surface area (Å²) in [5.41, 5.74) is 5.12. The Bertz CT molecular complexity index is 392. The van der Waals surface area contributed by atoms with Gasteiger partial charge in [-0.25, -0.2) is 4.79 Å². The molecular weight excluding hydrogens is 190 g/mol. The fourth-order valence-corrected chi connectivity index (χ4v) is 1.28. The molecule has 0 bridgehead atoms. The van der Waals surface area contributed by atoms with Crippen LogP contribution in [0.5, 0.6) is 0 Å². The van der Waals surface area contributed by atoms with E-state index in [9.17, 15) is 4.79 Å². The van der Waals surface area contributed by atoms with Crippen molar-refractivity contribution in [1.82, 2.24) is 4.98 Å². The van der Waals surface area contributed by atoms with Crippen molar-refractivity contribution in [3.8, 4) is 12.3 Å². The van der Waals surface area contributed by atoms with E-state index in [2.05, 4.69) is 10.9 Å². The lowest BCUT2D eigenvalue weighted by Gasteiger charge is -2.32. The largest absolute Gasteiger partial charge is 0.351 e. The number of nitrogens with two attached hydrogens (primary N) is 1. The van der Waals surface area contributed by atoms with Crippen molar-refractivity contribution in [2.45, 2.75) is 19.4 Å². The second-order valence-electron chi connectivity index (χ2n) is 3.59. The molecule has 0 radical (unpaired) electrons. The van der Waals surface area contributed by atoms with Crippen LogP contribution in [0, 0.1) is 12.3 Å². The van der Waals surface area contributed by atoms with Crippen LogP contribution in [-0.4, -0.2) is 16.6 Å². The Kier molecular flexibility index (Phi) is 2.96. The van der Waals surface area contributed by atoms with Gasteiger partial charge in [-0.15, -0.1) is 6.42 Å². The number of pyridine rings is 1. The molecule has 1 heterocycles. The Morgan fingerprint density at radius 1 is 1.67 bits per heavy atom. The summed E-state index contributed by atoms with van der Waals surface area (Å²) in [4.78, 5) is 16.6. The second kappa shape index (κ2) is 4.01. The summed E-state index contributed by atoms with van der Waals surface area (Å²) < 4.78 is 0. The average molecular weight is 203 g/mol. The predicted octanol–water partition coefficient (Wildman–Crippen LogP) is 1.38. The summed E-state index contributed by atoms with van der Waals surface area (Å²) in [7, 11) is 0. The molecule has 0 saturated heterocycles. The van der Waals surface area contributed by atoms with Gasteiger partial charge in [0.25, 0.3) is 0 Å². The van der Waals surface area contributed by atoms with Gasteiger partial charge >= 0.3 is 6.03 Å². The van der Waals surface area contributed by atoms with Gasteiger partial charge in [-0.2, -0.15) is 0 Å². The number of rotatable bonds is 2. The number of aromatic nitrogens is 1. The molecule has 0 atom stereocenters. The standard InChI is InChI=1S/C11H13N3O/c1-4-11(2,3)14(10(12)15)9-6-5-7-13-8-9/h1,5-8H,2-3H3,(H2,12,15). The molecule has 1 aromatic heterocycles. The fourth-order valence-electron chi connectivity index (χ4n) is 1.28. The van der Waals surface area contributed by atoms with Crippen LogP contribution in [0.1, 0.15) is 13.8 Å². The van der Waals surface area contributed by atoms with Gasteiger partial charge in [-0.1, -0.05) is 5.92 Å². The van der Waals surface area contributed by atoms with Crippen molar-refractivity contribution in [1.29, 1.82) is 0 Å². The third kappa shape index (κ3) is 2.26. The number of nitrogens with zero attached hydrogens (tertiary/aromatic N) is 2. The minimum atomic E-state index is -0.769. The van der Waals surface area contributed by atoms with Crippen molar-refractivity contribution in [3.63, 3.8) is 0 Å². The molecular formula is C11H13N3O. The Morgan fingerprint density at radius 3 is 2.73 bits per heavy atom. The maximum absolute atomic E-state index is 11.3. The fraction of sp³-hybridized carbons (Fsp3) is 0.273. The van der Waals surface area contributed by atoms with Gasteiger partial charge in [0.15, 0.2) is 0 Å². The van der Waals surface area contributed by atoms with Gasteiger partial charge in [-0.05, 0) is 26.0 Å². The van der Waals surface area contributed by atoms with Crippen LogP contribution < -0.4 is 10.6 Å². The van der Waals surface area contributed by atoms with Crippen LogP contribution in [0.15, 0.2) is 24.5 Å². The van der Waals surface area contributed by atoms with Gasteiger partial charge in [0.2, 0.25) is 0 Å². The molecule has 0 fully saturated rings. The molecule has 4 nitrogen and oxygen atoms in total. The number of anilines is 1. The van der Waals surface area contributed by atoms with Crippen LogP contribution in [0.4, 0.5) is 10.5 Å². The van der Waals surface area contributed by atoms with Gasteiger partial charge in [-0.3, -0.25) is 9.88 Å². The summed E-state index contributed by atoms with van der Waals surface area (Å²) in [6.45, 7) is 3.48. The number of carbonyl (C=O) groups excluding carboxylic acids is 1. The molecule has 0 aliphatic heterocycles. The molecule has 1 aromatic rings. The van der Waals surface area contributed by atoms with Gasteiger partial charge in [0.1, 0.15) is 5.54 Å². The molecule has 4 heteroatoms. The topological polar surface area (TPSA) is 59.2 Å². The first-order chi connectivity index (χ1) is 6.99. The highest BCUT2D eigenvalue weighted by atomic mass is 16.2. The van der Waals surface area contributed by atoms with E-state index in [1.165, 1.54) is 4.90 Å². The summed E-state index contributed by atoms with van der Waals surface area (Å²) in [6, 6.07) is 2.86. The van der Waals surface area contributed by atoms with Crippen LogP contribution in [-0.2, 0) is 0 Å². The van der Waals surface area contributed by atoms with Crippen LogP contribution in [0.25, 0.3) is 0 Å². The number of hydrogen-bond acceptors (Lipinski definition) is 2. The Hall–Kier alpha value is -2.02. The van der Waals surface area contributed by atoms with Crippen LogP contribution in [0.2, 0.25) is 0 Å². The number of urea groups is 1. The lowest BCUT2D eigenvalue weighted by Crippen LogP contribution is -2.49. The molecule has 0 unspecified atom stereocenters. The SMILES string of the molecule is C#CC(C)(C)N(C(N)=O)c1cccnc1. The first kappa shape index (κ1) is 11.1. The van der Waals surface area contributed by atoms with E-state index in [1.807, 2.05) is 0 Å². The van der Waals surface area contributed by atoms with E-state index in [1.54, 1.807) is 38.4 Å². The number of terminal acetylenes is 1. The molecule has 78 valence electrons. The summed E-state index contributed by atoms with van der Waals surface area (Å²) in [5.74, 6) is 2.52. The zero-order valence-corrected chi connectivity index (χ0v) is 8.77. The third-order valence-electron chi connectivity index (χ3n) is 2.04. The molecule has 0 aliphatic carbocycles. The molecule has 0 aliphatic rings. The highest BCUT2D eigenvalue weighted by molar-refractivity contribution is 5.92. The first-order valence-electron chi connectivity index (χ1n) is 4.46. The minimum absolute atomic E-state index is 0.591. The van der Waals surface area contributed by atoms with Crippen molar-refractivity contribution in [2.24, 2.45) is 5.73 Å².